The average molecular weight is 320 g/mol. The number of nitrogens with one attached hydrogen (secondary N) is 1. The fraction of sp³-hybridized carbons (Fsp3) is 0.0909. The minimum Gasteiger partial charge on any atom is -0.411 e. The lowest BCUT2D eigenvalue weighted by molar-refractivity contribution is -0.113. The predicted octanol–water partition coefficient (Wildman–Crippen LogP) is 1.71. The molecule has 1 amide bonds. The van der Waals surface area contributed by atoms with Crippen LogP contribution >= 0.6 is 23.1 Å². The summed E-state index contributed by atoms with van der Waals surface area (Å²) in [4.78, 5) is 15.6. The molecule has 3 heterocycles. The summed E-state index contributed by atoms with van der Waals surface area (Å²) < 4.78 is 5.45. The van der Waals surface area contributed by atoms with Gasteiger partial charge in [0.2, 0.25) is 16.9 Å². The van der Waals surface area contributed by atoms with Gasteiger partial charge in [-0.15, -0.1) is 20.4 Å². The van der Waals surface area contributed by atoms with Crippen LogP contribution in [-0.2, 0) is 4.79 Å². The number of pyridine rings is 1. The number of amides is 1. The number of carbonyl (C=O) groups excluding carboxylic acids is 1. The molecule has 0 aromatic carbocycles. The Kier molecular flexibility index (Phi) is 4.17. The van der Waals surface area contributed by atoms with Gasteiger partial charge >= 0.3 is 0 Å². The molecule has 8 nitrogen and oxygen atoms in total. The van der Waals surface area contributed by atoms with Crippen LogP contribution in [0.4, 0.5) is 5.13 Å². The van der Waals surface area contributed by atoms with Gasteiger partial charge in [-0.3, -0.25) is 15.1 Å². The van der Waals surface area contributed by atoms with Crippen LogP contribution in [0.3, 0.4) is 0 Å². The Hall–Kier alpha value is -2.33. The predicted molar refractivity (Wildman–Crippen MR) is 76.8 cm³/mol. The van der Waals surface area contributed by atoms with E-state index in [1.165, 1.54) is 11.3 Å². The maximum Gasteiger partial charge on any atom is 0.277 e. The van der Waals surface area contributed by atoms with E-state index in [-0.39, 0.29) is 11.7 Å². The van der Waals surface area contributed by atoms with Crippen molar-refractivity contribution < 1.29 is 9.21 Å². The number of thioether (sulfide) groups is 1. The molecule has 21 heavy (non-hydrogen) atoms. The van der Waals surface area contributed by atoms with Crippen LogP contribution in [0.1, 0.15) is 0 Å². The van der Waals surface area contributed by atoms with Gasteiger partial charge in [-0.25, -0.2) is 0 Å². The molecule has 0 aliphatic heterocycles. The van der Waals surface area contributed by atoms with Crippen molar-refractivity contribution >= 4 is 34.1 Å². The van der Waals surface area contributed by atoms with Crippen molar-refractivity contribution in [3.63, 3.8) is 0 Å². The molecule has 0 bridgehead atoms. The van der Waals surface area contributed by atoms with Crippen molar-refractivity contribution in [2.45, 2.75) is 5.22 Å². The number of carbonyl (C=O) groups is 1. The highest BCUT2D eigenvalue weighted by Crippen LogP contribution is 2.22. The third-order valence-electron chi connectivity index (χ3n) is 2.25. The summed E-state index contributed by atoms with van der Waals surface area (Å²) >= 11 is 2.40. The molecule has 1 N–H and O–H groups in total. The molecule has 0 atom stereocenters. The molecule has 0 saturated carbocycles. The molecule has 3 aromatic rings. The van der Waals surface area contributed by atoms with Crippen molar-refractivity contribution in [3.05, 3.63) is 30.0 Å². The maximum absolute atomic E-state index is 11.7. The van der Waals surface area contributed by atoms with Crippen LogP contribution in [0.5, 0.6) is 0 Å². The zero-order valence-electron chi connectivity index (χ0n) is 10.5. The number of anilines is 1. The lowest BCUT2D eigenvalue weighted by Crippen LogP contribution is -2.13. The fourth-order valence-corrected chi connectivity index (χ4v) is 2.41. The second kappa shape index (κ2) is 6.41. The molecule has 0 saturated heterocycles. The van der Waals surface area contributed by atoms with Crippen molar-refractivity contribution in [1.29, 1.82) is 0 Å². The van der Waals surface area contributed by atoms with Gasteiger partial charge in [-0.2, -0.15) is 0 Å². The molecule has 10 heteroatoms. The molecular formula is C11H8N6O2S2. The Morgan fingerprint density at radius 1 is 1.38 bits per heavy atom. The molecule has 106 valence electrons. The molecule has 0 unspecified atom stereocenters. The summed E-state index contributed by atoms with van der Waals surface area (Å²) in [5.74, 6) is 0.307. The largest absolute Gasteiger partial charge is 0.411 e. The van der Waals surface area contributed by atoms with E-state index in [2.05, 4.69) is 30.7 Å². The van der Waals surface area contributed by atoms with Crippen LogP contribution in [0.25, 0.3) is 11.5 Å². The number of nitrogens with zero attached hydrogens (tertiary/aromatic N) is 5. The van der Waals surface area contributed by atoms with E-state index in [0.29, 0.717) is 16.2 Å². The van der Waals surface area contributed by atoms with Crippen LogP contribution in [0.2, 0.25) is 0 Å². The molecule has 0 spiro atoms. The molecule has 0 fully saturated rings. The Bertz CT molecular complexity index is 715. The van der Waals surface area contributed by atoms with E-state index in [0.717, 1.165) is 17.3 Å². The van der Waals surface area contributed by atoms with Crippen molar-refractivity contribution in [1.82, 2.24) is 25.4 Å². The first-order valence-corrected chi connectivity index (χ1v) is 7.60. The zero-order chi connectivity index (χ0) is 14.5. The van der Waals surface area contributed by atoms with Crippen molar-refractivity contribution in [3.8, 4) is 11.5 Å². The summed E-state index contributed by atoms with van der Waals surface area (Å²) in [5, 5.41) is 18.5. The van der Waals surface area contributed by atoms with Crippen LogP contribution in [0.15, 0.2) is 39.7 Å². The molecule has 3 rings (SSSR count). The van der Waals surface area contributed by atoms with Gasteiger partial charge < -0.3 is 4.42 Å². The smallest absolute Gasteiger partial charge is 0.277 e. The SMILES string of the molecule is O=C(CSc1nnc(-c2cccnc2)o1)Nc1nncs1. The Labute approximate surface area is 127 Å². The summed E-state index contributed by atoms with van der Waals surface area (Å²) in [6.07, 6.45) is 3.29. The lowest BCUT2D eigenvalue weighted by atomic mass is 10.3. The van der Waals surface area contributed by atoms with Crippen LogP contribution in [0, 0.1) is 0 Å². The van der Waals surface area contributed by atoms with Gasteiger partial charge in [0.1, 0.15) is 5.51 Å². The van der Waals surface area contributed by atoms with Gasteiger partial charge in [0.25, 0.3) is 5.22 Å². The quantitative estimate of drug-likeness (QED) is 0.708. The number of hydrogen-bond acceptors (Lipinski definition) is 9. The summed E-state index contributed by atoms with van der Waals surface area (Å²) in [6.45, 7) is 0. The molecular weight excluding hydrogens is 312 g/mol. The standard InChI is InChI=1S/C11H8N6O2S2/c18-8(14-10-16-13-6-21-10)5-20-11-17-15-9(19-11)7-2-1-3-12-4-7/h1-4,6H,5H2,(H,14,16,18). The number of aromatic nitrogens is 5. The lowest BCUT2D eigenvalue weighted by Gasteiger charge is -1.97. The normalized spacial score (nSPS) is 10.5. The highest BCUT2D eigenvalue weighted by atomic mass is 32.2. The van der Waals surface area contributed by atoms with E-state index in [1.54, 1.807) is 24.0 Å². The minimum atomic E-state index is -0.210. The highest BCUT2D eigenvalue weighted by molar-refractivity contribution is 7.99. The van der Waals surface area contributed by atoms with Gasteiger partial charge in [0.15, 0.2) is 0 Å². The van der Waals surface area contributed by atoms with Crippen LogP contribution < -0.4 is 5.32 Å². The molecule has 0 aliphatic rings. The third kappa shape index (κ3) is 3.61. The number of rotatable bonds is 5. The Morgan fingerprint density at radius 2 is 2.33 bits per heavy atom. The van der Waals surface area contributed by atoms with Crippen molar-refractivity contribution in [2.24, 2.45) is 0 Å². The van der Waals surface area contributed by atoms with Gasteiger partial charge in [-0.1, -0.05) is 23.1 Å². The first-order valence-electron chi connectivity index (χ1n) is 5.74. The topological polar surface area (TPSA) is 107 Å². The highest BCUT2D eigenvalue weighted by Gasteiger charge is 2.12. The van der Waals surface area contributed by atoms with Crippen LogP contribution in [-0.4, -0.2) is 37.0 Å². The average Bonchev–Trinajstić information content (AvgIpc) is 3.17. The summed E-state index contributed by atoms with van der Waals surface area (Å²) in [7, 11) is 0. The fourth-order valence-electron chi connectivity index (χ4n) is 1.38. The van der Waals surface area contributed by atoms with E-state index < -0.39 is 0 Å². The van der Waals surface area contributed by atoms with Gasteiger partial charge in [0, 0.05) is 12.4 Å². The first kappa shape index (κ1) is 13.6. The summed E-state index contributed by atoms with van der Waals surface area (Å²) in [5.41, 5.74) is 2.27. The Morgan fingerprint density at radius 3 is 3.10 bits per heavy atom. The minimum absolute atomic E-state index is 0.147. The summed E-state index contributed by atoms with van der Waals surface area (Å²) in [6, 6.07) is 3.60. The monoisotopic (exact) mass is 320 g/mol. The molecule has 3 aromatic heterocycles. The molecule has 0 aliphatic carbocycles. The van der Waals surface area contributed by atoms with E-state index in [4.69, 9.17) is 4.42 Å². The van der Waals surface area contributed by atoms with E-state index in [9.17, 15) is 4.79 Å². The van der Waals surface area contributed by atoms with Gasteiger partial charge in [0.05, 0.1) is 11.3 Å². The second-order valence-corrected chi connectivity index (χ2v) is 5.46. The number of hydrogen-bond donors (Lipinski definition) is 1. The Balaban J connectivity index is 1.56. The third-order valence-corrected chi connectivity index (χ3v) is 3.67. The molecule has 0 radical (unpaired) electrons. The maximum atomic E-state index is 11.7. The van der Waals surface area contributed by atoms with Crippen molar-refractivity contribution in [2.75, 3.05) is 11.1 Å². The first-order chi connectivity index (χ1) is 10.3. The van der Waals surface area contributed by atoms with Gasteiger partial charge in [-0.05, 0) is 12.1 Å². The second-order valence-electron chi connectivity index (χ2n) is 3.70. The zero-order valence-corrected chi connectivity index (χ0v) is 12.1. The van der Waals surface area contributed by atoms with E-state index in [1.807, 2.05) is 6.07 Å². The van der Waals surface area contributed by atoms with E-state index >= 15 is 0 Å².